The summed E-state index contributed by atoms with van der Waals surface area (Å²) in [4.78, 5) is 12.7. The number of carbonyl (C=O) groups excluding carboxylic acids is 1. The Balaban J connectivity index is 1.57. The van der Waals surface area contributed by atoms with Crippen LogP contribution in [0.2, 0.25) is 5.02 Å². The first kappa shape index (κ1) is 18.6. The monoisotopic (exact) mass is 415 g/mol. The molecule has 1 N–H and O–H groups in total. The molecule has 0 spiro atoms. The molecule has 2 heterocycles. The molecular weight excluding hydrogens is 398 g/mol. The Labute approximate surface area is 168 Å². The molecule has 0 saturated carbocycles. The van der Waals surface area contributed by atoms with Gasteiger partial charge in [-0.05, 0) is 61.0 Å². The summed E-state index contributed by atoms with van der Waals surface area (Å²) in [6, 6.07) is 15.6. The van der Waals surface area contributed by atoms with E-state index in [0.717, 1.165) is 5.69 Å². The predicted molar refractivity (Wildman–Crippen MR) is 111 cm³/mol. The summed E-state index contributed by atoms with van der Waals surface area (Å²) in [5.41, 5.74) is 2.39. The molecule has 0 radical (unpaired) electrons. The van der Waals surface area contributed by atoms with Crippen molar-refractivity contribution in [2.75, 3.05) is 21.9 Å². The summed E-state index contributed by atoms with van der Waals surface area (Å²) in [6.07, 6.45) is 4.35. The highest BCUT2D eigenvalue weighted by molar-refractivity contribution is 7.93. The van der Waals surface area contributed by atoms with Crippen molar-refractivity contribution in [3.8, 4) is 5.69 Å². The maximum Gasteiger partial charge on any atom is 0.255 e. The molecule has 1 saturated heterocycles. The highest BCUT2D eigenvalue weighted by Gasteiger charge is 2.28. The van der Waals surface area contributed by atoms with E-state index in [1.165, 1.54) is 4.31 Å². The Kier molecular flexibility index (Phi) is 4.87. The van der Waals surface area contributed by atoms with E-state index < -0.39 is 10.0 Å². The van der Waals surface area contributed by atoms with E-state index in [9.17, 15) is 13.2 Å². The van der Waals surface area contributed by atoms with Crippen LogP contribution in [0.3, 0.4) is 0 Å². The van der Waals surface area contributed by atoms with Crippen LogP contribution in [-0.4, -0.2) is 31.2 Å². The second kappa shape index (κ2) is 7.33. The molecular formula is C20H18ClN3O3S. The van der Waals surface area contributed by atoms with Crippen molar-refractivity contribution in [2.45, 2.75) is 6.42 Å². The molecule has 1 fully saturated rings. The molecule has 1 amide bonds. The first-order valence-electron chi connectivity index (χ1n) is 8.79. The summed E-state index contributed by atoms with van der Waals surface area (Å²) < 4.78 is 27.3. The zero-order chi connectivity index (χ0) is 19.7. The molecule has 3 aromatic rings. The van der Waals surface area contributed by atoms with Crippen LogP contribution >= 0.6 is 11.6 Å². The number of sulfonamides is 1. The molecule has 0 unspecified atom stereocenters. The van der Waals surface area contributed by atoms with Gasteiger partial charge in [0.15, 0.2) is 0 Å². The van der Waals surface area contributed by atoms with Gasteiger partial charge >= 0.3 is 0 Å². The molecule has 0 bridgehead atoms. The maximum absolute atomic E-state index is 12.7. The van der Waals surface area contributed by atoms with Crippen LogP contribution in [0.25, 0.3) is 5.69 Å². The van der Waals surface area contributed by atoms with Crippen molar-refractivity contribution < 1.29 is 13.2 Å². The number of anilines is 2. The minimum absolute atomic E-state index is 0.161. The van der Waals surface area contributed by atoms with E-state index in [1.54, 1.807) is 42.5 Å². The number of halogens is 1. The van der Waals surface area contributed by atoms with Gasteiger partial charge in [0.05, 0.1) is 22.8 Å². The lowest BCUT2D eigenvalue weighted by Gasteiger charge is -2.17. The quantitative estimate of drug-likeness (QED) is 0.701. The van der Waals surface area contributed by atoms with Gasteiger partial charge in [0.1, 0.15) is 0 Å². The van der Waals surface area contributed by atoms with Crippen molar-refractivity contribution in [3.63, 3.8) is 0 Å². The third-order valence-electron chi connectivity index (χ3n) is 4.61. The third-order valence-corrected chi connectivity index (χ3v) is 6.71. The molecule has 1 aliphatic rings. The number of benzene rings is 2. The molecule has 6 nitrogen and oxygen atoms in total. The van der Waals surface area contributed by atoms with Gasteiger partial charge in [-0.3, -0.25) is 9.10 Å². The second-order valence-corrected chi connectivity index (χ2v) is 8.94. The van der Waals surface area contributed by atoms with E-state index in [2.05, 4.69) is 5.32 Å². The van der Waals surface area contributed by atoms with Crippen molar-refractivity contribution >= 4 is 38.9 Å². The SMILES string of the molecule is O=C(Nc1ccc(Cl)cc1-n1cccc1)c1ccc(N2CCCS2(=O)=O)cc1. The number of nitrogens with zero attached hydrogens (tertiary/aromatic N) is 2. The van der Waals surface area contributed by atoms with E-state index in [1.807, 2.05) is 29.1 Å². The number of carbonyl (C=O) groups is 1. The van der Waals surface area contributed by atoms with Crippen molar-refractivity contribution in [1.29, 1.82) is 0 Å². The van der Waals surface area contributed by atoms with Gasteiger partial charge in [-0.25, -0.2) is 8.42 Å². The van der Waals surface area contributed by atoms with Crippen LogP contribution in [0, 0.1) is 0 Å². The molecule has 1 aliphatic heterocycles. The number of rotatable bonds is 4. The van der Waals surface area contributed by atoms with Crippen molar-refractivity contribution in [1.82, 2.24) is 4.57 Å². The lowest BCUT2D eigenvalue weighted by Crippen LogP contribution is -2.25. The molecule has 0 atom stereocenters. The highest BCUT2D eigenvalue weighted by atomic mass is 35.5. The van der Waals surface area contributed by atoms with Crippen LogP contribution in [-0.2, 0) is 10.0 Å². The average Bonchev–Trinajstić information content (AvgIpc) is 3.32. The third kappa shape index (κ3) is 3.63. The lowest BCUT2D eigenvalue weighted by molar-refractivity contribution is 0.102. The van der Waals surface area contributed by atoms with Gasteiger partial charge in [-0.1, -0.05) is 11.6 Å². The number of amides is 1. The fourth-order valence-electron chi connectivity index (χ4n) is 3.22. The van der Waals surface area contributed by atoms with Crippen molar-refractivity contribution in [3.05, 3.63) is 77.6 Å². The van der Waals surface area contributed by atoms with Crippen LogP contribution in [0.15, 0.2) is 67.0 Å². The zero-order valence-electron chi connectivity index (χ0n) is 14.9. The molecule has 2 aromatic carbocycles. The standard InChI is InChI=1S/C20H18ClN3O3S/c21-16-6-9-18(19(14-16)23-10-1-2-11-23)22-20(25)15-4-7-17(8-5-15)24-12-3-13-28(24,26)27/h1-2,4-11,14H,3,12-13H2,(H,22,25). The van der Waals surface area contributed by atoms with Crippen LogP contribution in [0.1, 0.15) is 16.8 Å². The summed E-state index contributed by atoms with van der Waals surface area (Å²) in [6.45, 7) is 0.471. The van der Waals surface area contributed by atoms with Gasteiger partial charge in [-0.2, -0.15) is 0 Å². The maximum atomic E-state index is 12.7. The Bertz CT molecular complexity index is 1110. The topological polar surface area (TPSA) is 71.4 Å². The summed E-state index contributed by atoms with van der Waals surface area (Å²) in [5.74, 6) is -0.125. The first-order chi connectivity index (χ1) is 13.4. The fraction of sp³-hybridized carbons (Fsp3) is 0.150. The fourth-order valence-corrected chi connectivity index (χ4v) is 4.95. The lowest BCUT2D eigenvalue weighted by atomic mass is 10.1. The Morgan fingerprint density at radius 1 is 1.04 bits per heavy atom. The zero-order valence-corrected chi connectivity index (χ0v) is 16.4. The highest BCUT2D eigenvalue weighted by Crippen LogP contribution is 2.27. The van der Waals surface area contributed by atoms with Crippen LogP contribution in [0.4, 0.5) is 11.4 Å². The Hall–Kier alpha value is -2.77. The van der Waals surface area contributed by atoms with Gasteiger partial charge < -0.3 is 9.88 Å². The molecule has 4 rings (SSSR count). The van der Waals surface area contributed by atoms with E-state index in [-0.39, 0.29) is 11.7 Å². The average molecular weight is 416 g/mol. The van der Waals surface area contributed by atoms with Gasteiger partial charge in [0, 0.05) is 29.5 Å². The van der Waals surface area contributed by atoms with Gasteiger partial charge in [0.2, 0.25) is 10.0 Å². The van der Waals surface area contributed by atoms with E-state index in [4.69, 9.17) is 11.6 Å². The Morgan fingerprint density at radius 2 is 1.75 bits per heavy atom. The van der Waals surface area contributed by atoms with E-state index in [0.29, 0.717) is 34.9 Å². The Morgan fingerprint density at radius 3 is 2.39 bits per heavy atom. The first-order valence-corrected chi connectivity index (χ1v) is 10.8. The molecule has 1 aromatic heterocycles. The second-order valence-electron chi connectivity index (χ2n) is 6.49. The smallest absolute Gasteiger partial charge is 0.255 e. The summed E-state index contributed by atoms with van der Waals surface area (Å²) in [5, 5.41) is 3.46. The van der Waals surface area contributed by atoms with Gasteiger partial charge in [0.25, 0.3) is 5.91 Å². The number of aromatic nitrogens is 1. The molecule has 144 valence electrons. The van der Waals surface area contributed by atoms with E-state index >= 15 is 0 Å². The van der Waals surface area contributed by atoms with Crippen LogP contribution < -0.4 is 9.62 Å². The number of nitrogens with one attached hydrogen (secondary N) is 1. The van der Waals surface area contributed by atoms with Crippen molar-refractivity contribution in [2.24, 2.45) is 0 Å². The van der Waals surface area contributed by atoms with Crippen LogP contribution in [0.5, 0.6) is 0 Å². The minimum Gasteiger partial charge on any atom is -0.322 e. The predicted octanol–water partition coefficient (Wildman–Crippen LogP) is 3.92. The molecule has 8 heteroatoms. The molecule has 28 heavy (non-hydrogen) atoms. The minimum atomic E-state index is -3.24. The van der Waals surface area contributed by atoms with Gasteiger partial charge in [-0.15, -0.1) is 0 Å². The summed E-state index contributed by atoms with van der Waals surface area (Å²) >= 11 is 6.11. The normalized spacial score (nSPS) is 15.5. The largest absolute Gasteiger partial charge is 0.322 e. The number of hydrogen-bond acceptors (Lipinski definition) is 3. The molecule has 0 aliphatic carbocycles. The summed E-state index contributed by atoms with van der Waals surface area (Å²) in [7, 11) is -3.24. The number of hydrogen-bond donors (Lipinski definition) is 1.